The van der Waals surface area contributed by atoms with E-state index in [0.717, 1.165) is 12.1 Å². The van der Waals surface area contributed by atoms with Crippen molar-refractivity contribution in [1.29, 1.82) is 0 Å². The molecule has 0 saturated carbocycles. The molecule has 0 spiro atoms. The molecule has 0 atom stereocenters. The van der Waals surface area contributed by atoms with Gasteiger partial charge in [0.25, 0.3) is 0 Å². The fourth-order valence-corrected chi connectivity index (χ4v) is 2.81. The van der Waals surface area contributed by atoms with Crippen molar-refractivity contribution in [3.05, 3.63) is 30.3 Å². The predicted octanol–water partition coefficient (Wildman–Crippen LogP) is 1.71. The van der Waals surface area contributed by atoms with E-state index in [2.05, 4.69) is 0 Å². The van der Waals surface area contributed by atoms with Gasteiger partial charge >= 0.3 is 0 Å². The molecule has 0 heterocycles. The Morgan fingerprint density at radius 1 is 1.15 bits per heavy atom. The van der Waals surface area contributed by atoms with Gasteiger partial charge in [0.2, 0.25) is 15.9 Å². The number of amides is 1. The largest absolute Gasteiger partial charge is 0.315 e. The van der Waals surface area contributed by atoms with Crippen LogP contribution in [0.15, 0.2) is 30.3 Å². The van der Waals surface area contributed by atoms with E-state index in [4.69, 9.17) is 0 Å². The lowest BCUT2D eigenvalue weighted by Crippen LogP contribution is -2.35. The summed E-state index contributed by atoms with van der Waals surface area (Å²) in [6, 6.07) is 9.29. The Morgan fingerprint density at radius 2 is 1.75 bits per heavy atom. The molecule has 0 aromatic heterocycles. The fourth-order valence-electron chi connectivity index (χ4n) is 1.88. The van der Waals surface area contributed by atoms with Crippen LogP contribution in [-0.4, -0.2) is 45.0 Å². The molecule has 5 nitrogen and oxygen atoms in total. The molecule has 0 aliphatic carbocycles. The summed E-state index contributed by atoms with van der Waals surface area (Å²) in [4.78, 5) is 13.6. The van der Waals surface area contributed by atoms with Gasteiger partial charge in [-0.2, -0.15) is 0 Å². The van der Waals surface area contributed by atoms with Gasteiger partial charge in [0.1, 0.15) is 0 Å². The van der Waals surface area contributed by atoms with E-state index in [9.17, 15) is 13.2 Å². The smallest absolute Gasteiger partial charge is 0.228 e. The lowest BCUT2D eigenvalue weighted by Gasteiger charge is -2.21. The van der Waals surface area contributed by atoms with E-state index in [1.807, 2.05) is 37.3 Å². The van der Waals surface area contributed by atoms with E-state index in [-0.39, 0.29) is 18.9 Å². The predicted molar refractivity (Wildman–Crippen MR) is 81.2 cm³/mol. The molecule has 0 aliphatic rings. The average molecular weight is 298 g/mol. The van der Waals surface area contributed by atoms with Crippen molar-refractivity contribution in [2.75, 3.05) is 31.3 Å². The minimum absolute atomic E-state index is 0.0963. The van der Waals surface area contributed by atoms with Crippen LogP contribution in [0.4, 0.5) is 5.69 Å². The Labute approximate surface area is 121 Å². The van der Waals surface area contributed by atoms with Gasteiger partial charge in [-0.15, -0.1) is 0 Å². The van der Waals surface area contributed by atoms with Crippen LogP contribution in [0.25, 0.3) is 0 Å². The molecule has 0 unspecified atom stereocenters. The lowest BCUT2D eigenvalue weighted by molar-refractivity contribution is -0.118. The summed E-state index contributed by atoms with van der Waals surface area (Å²) in [5.41, 5.74) is 0.805. The van der Waals surface area contributed by atoms with Crippen molar-refractivity contribution in [2.24, 2.45) is 0 Å². The maximum atomic E-state index is 12.1. The molecule has 0 fully saturated rings. The SMILES string of the molecule is CCCN(CCC(=O)N(C)c1ccccc1)S(C)(=O)=O. The van der Waals surface area contributed by atoms with Crippen LogP contribution in [0.2, 0.25) is 0 Å². The maximum absolute atomic E-state index is 12.1. The number of hydrogen-bond acceptors (Lipinski definition) is 3. The minimum atomic E-state index is -3.25. The Bertz CT molecular complexity index is 529. The molecule has 6 heteroatoms. The molecule has 0 bridgehead atoms. The second-order valence-corrected chi connectivity index (χ2v) is 6.68. The van der Waals surface area contributed by atoms with Crippen LogP contribution in [0, 0.1) is 0 Å². The standard InChI is InChI=1S/C14H22N2O3S/c1-4-11-16(20(3,18)19)12-10-14(17)15(2)13-8-6-5-7-9-13/h5-9H,4,10-12H2,1-3H3. The van der Waals surface area contributed by atoms with Crippen molar-refractivity contribution in [2.45, 2.75) is 19.8 Å². The highest BCUT2D eigenvalue weighted by Crippen LogP contribution is 2.12. The summed E-state index contributed by atoms with van der Waals surface area (Å²) < 4.78 is 24.5. The van der Waals surface area contributed by atoms with Gasteiger partial charge in [0, 0.05) is 32.2 Å². The highest BCUT2D eigenvalue weighted by atomic mass is 32.2. The van der Waals surface area contributed by atoms with Crippen molar-refractivity contribution in [3.8, 4) is 0 Å². The average Bonchev–Trinajstić information content (AvgIpc) is 2.42. The number of benzene rings is 1. The summed E-state index contributed by atoms with van der Waals surface area (Å²) in [6.07, 6.45) is 2.09. The van der Waals surface area contributed by atoms with Crippen LogP contribution in [0.1, 0.15) is 19.8 Å². The highest BCUT2D eigenvalue weighted by molar-refractivity contribution is 7.88. The molecule has 112 valence electrons. The zero-order chi connectivity index (χ0) is 15.2. The van der Waals surface area contributed by atoms with Crippen molar-refractivity contribution in [1.82, 2.24) is 4.31 Å². The molecule has 1 rings (SSSR count). The number of rotatable bonds is 7. The summed E-state index contributed by atoms with van der Waals surface area (Å²) in [5.74, 6) is -0.0963. The summed E-state index contributed by atoms with van der Waals surface area (Å²) in [5, 5.41) is 0. The number of hydrogen-bond donors (Lipinski definition) is 0. The third-order valence-electron chi connectivity index (χ3n) is 3.03. The van der Waals surface area contributed by atoms with Gasteiger partial charge in [-0.3, -0.25) is 4.79 Å². The van der Waals surface area contributed by atoms with Crippen LogP contribution in [0.5, 0.6) is 0 Å². The first-order valence-corrected chi connectivity index (χ1v) is 8.47. The number of para-hydroxylation sites is 1. The Hall–Kier alpha value is -1.40. The number of carbonyl (C=O) groups excluding carboxylic acids is 1. The summed E-state index contributed by atoms with van der Waals surface area (Å²) in [7, 11) is -1.55. The maximum Gasteiger partial charge on any atom is 0.228 e. The summed E-state index contributed by atoms with van der Waals surface area (Å²) >= 11 is 0. The molecule has 0 radical (unpaired) electrons. The monoisotopic (exact) mass is 298 g/mol. The van der Waals surface area contributed by atoms with Gasteiger partial charge in [-0.1, -0.05) is 25.1 Å². The number of nitrogens with zero attached hydrogens (tertiary/aromatic N) is 2. The number of anilines is 1. The normalized spacial score (nSPS) is 11.6. The van der Waals surface area contributed by atoms with Gasteiger partial charge in [-0.25, -0.2) is 12.7 Å². The van der Waals surface area contributed by atoms with Gasteiger partial charge < -0.3 is 4.90 Å². The molecular formula is C14H22N2O3S. The van der Waals surface area contributed by atoms with Crippen LogP contribution < -0.4 is 4.90 Å². The first-order chi connectivity index (χ1) is 9.36. The van der Waals surface area contributed by atoms with Crippen molar-refractivity contribution >= 4 is 21.6 Å². The zero-order valence-corrected chi connectivity index (χ0v) is 13.1. The Morgan fingerprint density at radius 3 is 2.25 bits per heavy atom. The Kier molecular flexibility index (Phi) is 6.16. The highest BCUT2D eigenvalue weighted by Gasteiger charge is 2.18. The first-order valence-electron chi connectivity index (χ1n) is 6.63. The van der Waals surface area contributed by atoms with Crippen LogP contribution >= 0.6 is 0 Å². The quantitative estimate of drug-likeness (QED) is 0.770. The van der Waals surface area contributed by atoms with E-state index in [1.165, 1.54) is 10.6 Å². The van der Waals surface area contributed by atoms with E-state index >= 15 is 0 Å². The second-order valence-electron chi connectivity index (χ2n) is 4.70. The van der Waals surface area contributed by atoms with Crippen molar-refractivity contribution in [3.63, 3.8) is 0 Å². The molecule has 0 aliphatic heterocycles. The third kappa shape index (κ3) is 4.94. The number of carbonyl (C=O) groups is 1. The Balaban J connectivity index is 2.62. The van der Waals surface area contributed by atoms with Crippen LogP contribution in [0.3, 0.4) is 0 Å². The molecular weight excluding hydrogens is 276 g/mol. The van der Waals surface area contributed by atoms with Gasteiger partial charge in [0.15, 0.2) is 0 Å². The third-order valence-corrected chi connectivity index (χ3v) is 4.34. The fraction of sp³-hybridized carbons (Fsp3) is 0.500. The second kappa shape index (κ2) is 7.40. The molecule has 1 amide bonds. The zero-order valence-electron chi connectivity index (χ0n) is 12.2. The minimum Gasteiger partial charge on any atom is -0.315 e. The molecule has 1 aromatic carbocycles. The van der Waals surface area contributed by atoms with Gasteiger partial charge in [0.05, 0.1) is 6.26 Å². The van der Waals surface area contributed by atoms with E-state index in [0.29, 0.717) is 6.54 Å². The summed E-state index contributed by atoms with van der Waals surface area (Å²) in [6.45, 7) is 2.58. The lowest BCUT2D eigenvalue weighted by atomic mass is 10.2. The van der Waals surface area contributed by atoms with Gasteiger partial charge in [-0.05, 0) is 18.6 Å². The molecule has 0 N–H and O–H groups in total. The van der Waals surface area contributed by atoms with E-state index < -0.39 is 10.0 Å². The number of sulfonamides is 1. The molecule has 0 saturated heterocycles. The first kappa shape index (κ1) is 16.7. The van der Waals surface area contributed by atoms with Crippen LogP contribution in [-0.2, 0) is 14.8 Å². The van der Waals surface area contributed by atoms with Crippen molar-refractivity contribution < 1.29 is 13.2 Å². The molecule has 1 aromatic rings. The van der Waals surface area contributed by atoms with E-state index in [1.54, 1.807) is 11.9 Å². The molecule has 20 heavy (non-hydrogen) atoms. The topological polar surface area (TPSA) is 57.7 Å².